The van der Waals surface area contributed by atoms with Crippen LogP contribution in [0.15, 0.2) is 30.3 Å². The molecular formula is C23H28N3O7S+. The molecule has 5 aliphatic rings. The monoisotopic (exact) mass is 490 g/mol. The van der Waals surface area contributed by atoms with Gasteiger partial charge in [0.2, 0.25) is 6.23 Å². The lowest BCUT2D eigenvalue weighted by Gasteiger charge is -2.63. The van der Waals surface area contributed by atoms with Crippen molar-refractivity contribution in [3.05, 3.63) is 30.3 Å². The Kier molecular flexibility index (Phi) is 5.39. The third-order valence-corrected chi connectivity index (χ3v) is 8.92. The third-order valence-electron chi connectivity index (χ3n) is 8.05. The standard InChI is InChI=1S/C23H27N3O7S/c27-15-16(28)19(22(30)31)32-21(17(15)29)26-8-11-6-13(9-26)18(14(7-11)10-26)33-23-25-24-20(34-23)12-4-2-1-3-5-12/h1-5,11,13-19,21,27-29H,6-10H2/p+1/t11?,13-,14+,15-,16-,17+,18?,19-,21+,26?/m0/s1. The Morgan fingerprint density at radius 1 is 1.00 bits per heavy atom. The van der Waals surface area contributed by atoms with Gasteiger partial charge in [-0.1, -0.05) is 46.8 Å². The fraction of sp³-hybridized carbons (Fsp3) is 0.609. The van der Waals surface area contributed by atoms with Gasteiger partial charge in [-0.2, -0.15) is 0 Å². The lowest BCUT2D eigenvalue weighted by molar-refractivity contribution is -1.00. The zero-order valence-electron chi connectivity index (χ0n) is 18.4. The number of quaternary nitrogens is 1. The number of rotatable bonds is 5. The highest BCUT2D eigenvalue weighted by molar-refractivity contribution is 7.16. The van der Waals surface area contributed by atoms with Crippen LogP contribution >= 0.6 is 11.3 Å². The van der Waals surface area contributed by atoms with E-state index in [4.69, 9.17) is 9.47 Å². The number of aliphatic hydroxyl groups is 3. The average Bonchev–Trinajstić information content (AvgIpc) is 3.28. The van der Waals surface area contributed by atoms with Gasteiger partial charge in [-0.15, -0.1) is 5.10 Å². The molecule has 4 saturated heterocycles. The molecule has 3 unspecified atom stereocenters. The summed E-state index contributed by atoms with van der Waals surface area (Å²) in [6, 6.07) is 9.84. The second kappa shape index (κ2) is 8.21. The fourth-order valence-electron chi connectivity index (χ4n) is 6.88. The van der Waals surface area contributed by atoms with Gasteiger partial charge < -0.3 is 29.9 Å². The molecule has 182 valence electrons. The molecule has 1 aromatic carbocycles. The highest BCUT2D eigenvalue weighted by atomic mass is 32.1. The SMILES string of the molecule is O=C(O)[C@H]1O[C@@H]([N+]23CC4C[C@H](C2)C(Oc2nnc(-c5ccccc5)s2)[C@@H](C4)C3)[C@H](O)[C@@H](O)[C@@H]1O. The molecule has 10 atom stereocenters. The summed E-state index contributed by atoms with van der Waals surface area (Å²) < 4.78 is 12.6. The number of piperidine rings is 3. The molecule has 4 bridgehead atoms. The number of carboxylic acids is 1. The Bertz CT molecular complexity index is 1050. The minimum Gasteiger partial charge on any atom is -0.479 e. The van der Waals surface area contributed by atoms with Crippen LogP contribution in [-0.4, -0.2) is 97.5 Å². The van der Waals surface area contributed by atoms with E-state index in [1.165, 1.54) is 11.3 Å². The number of aliphatic carboxylic acids is 1. The number of nitrogens with zero attached hydrogens (tertiary/aromatic N) is 3. The molecule has 4 N–H and O–H groups in total. The van der Waals surface area contributed by atoms with Gasteiger partial charge in [0, 0.05) is 23.3 Å². The van der Waals surface area contributed by atoms with Crippen molar-refractivity contribution in [2.45, 2.75) is 49.6 Å². The second-order valence-corrected chi connectivity index (χ2v) is 11.1. The molecule has 0 amide bonds. The Morgan fingerprint density at radius 3 is 2.38 bits per heavy atom. The van der Waals surface area contributed by atoms with Crippen LogP contribution < -0.4 is 4.74 Å². The maximum Gasteiger partial charge on any atom is 0.335 e. The molecule has 10 nitrogen and oxygen atoms in total. The van der Waals surface area contributed by atoms with Crippen molar-refractivity contribution in [1.82, 2.24) is 10.2 Å². The van der Waals surface area contributed by atoms with Gasteiger partial charge in [0.1, 0.15) is 18.3 Å². The Hall–Kier alpha value is -2.15. The summed E-state index contributed by atoms with van der Waals surface area (Å²) in [7, 11) is 0. The van der Waals surface area contributed by atoms with Crippen LogP contribution in [0.2, 0.25) is 0 Å². The van der Waals surface area contributed by atoms with Gasteiger partial charge in [0.15, 0.2) is 17.2 Å². The van der Waals surface area contributed by atoms with E-state index < -0.39 is 36.6 Å². The third kappa shape index (κ3) is 3.53. The minimum atomic E-state index is -1.67. The summed E-state index contributed by atoms with van der Waals surface area (Å²) in [6.45, 7) is 2.06. The van der Waals surface area contributed by atoms with Gasteiger partial charge in [0.25, 0.3) is 5.19 Å². The minimum absolute atomic E-state index is 0.0362. The van der Waals surface area contributed by atoms with Crippen LogP contribution in [-0.2, 0) is 9.53 Å². The molecule has 5 heterocycles. The number of carbonyl (C=O) groups is 1. The van der Waals surface area contributed by atoms with Crippen LogP contribution in [0.25, 0.3) is 10.6 Å². The van der Waals surface area contributed by atoms with Gasteiger partial charge in [-0.3, -0.25) is 4.48 Å². The number of benzene rings is 1. The van der Waals surface area contributed by atoms with Crippen molar-refractivity contribution >= 4 is 17.3 Å². The van der Waals surface area contributed by atoms with Crippen LogP contribution in [0.4, 0.5) is 0 Å². The molecule has 0 spiro atoms. The van der Waals surface area contributed by atoms with Gasteiger partial charge >= 0.3 is 5.97 Å². The largest absolute Gasteiger partial charge is 0.479 e. The van der Waals surface area contributed by atoms with E-state index in [0.717, 1.165) is 30.0 Å². The molecule has 11 heteroatoms. The molecular weight excluding hydrogens is 462 g/mol. The maximum absolute atomic E-state index is 11.6. The van der Waals surface area contributed by atoms with Crippen molar-refractivity contribution < 1.29 is 39.2 Å². The summed E-state index contributed by atoms with van der Waals surface area (Å²) in [5, 5.41) is 50.7. The van der Waals surface area contributed by atoms with Crippen LogP contribution in [0.5, 0.6) is 5.19 Å². The van der Waals surface area contributed by atoms with Gasteiger partial charge in [0.05, 0.1) is 19.6 Å². The maximum atomic E-state index is 11.6. The smallest absolute Gasteiger partial charge is 0.335 e. The van der Waals surface area contributed by atoms with E-state index in [9.17, 15) is 25.2 Å². The average molecular weight is 491 g/mol. The molecule has 1 saturated carbocycles. The Morgan fingerprint density at radius 2 is 1.71 bits per heavy atom. The van der Waals surface area contributed by atoms with Gasteiger partial charge in [-0.25, -0.2) is 4.79 Å². The highest BCUT2D eigenvalue weighted by Gasteiger charge is 2.64. The van der Waals surface area contributed by atoms with Gasteiger partial charge in [-0.05, 0) is 12.8 Å². The van der Waals surface area contributed by atoms with E-state index in [1.54, 1.807) is 0 Å². The van der Waals surface area contributed by atoms with Crippen molar-refractivity contribution in [1.29, 1.82) is 0 Å². The number of aliphatic hydroxyl groups excluding tert-OH is 3. The highest BCUT2D eigenvalue weighted by Crippen LogP contribution is 2.51. The van der Waals surface area contributed by atoms with Crippen LogP contribution in [0, 0.1) is 17.8 Å². The lowest BCUT2D eigenvalue weighted by Crippen LogP contribution is -2.79. The topological polar surface area (TPSA) is 142 Å². The summed E-state index contributed by atoms with van der Waals surface area (Å²) >= 11 is 1.42. The van der Waals surface area contributed by atoms with Crippen LogP contribution in [0.1, 0.15) is 12.8 Å². The Balaban J connectivity index is 1.22. The molecule has 0 radical (unpaired) electrons. The van der Waals surface area contributed by atoms with Crippen LogP contribution in [0.3, 0.4) is 0 Å². The first-order chi connectivity index (χ1) is 16.3. The van der Waals surface area contributed by atoms with E-state index in [0.29, 0.717) is 28.7 Å². The van der Waals surface area contributed by atoms with Crippen molar-refractivity contribution in [2.75, 3.05) is 19.6 Å². The lowest BCUT2D eigenvalue weighted by atomic mass is 9.64. The number of hydrogen-bond acceptors (Lipinski definition) is 9. The molecule has 1 aromatic heterocycles. The van der Waals surface area contributed by atoms with Crippen molar-refractivity contribution in [3.63, 3.8) is 0 Å². The number of carboxylic acid groups (broad SMARTS) is 1. The predicted molar refractivity (Wildman–Crippen MR) is 119 cm³/mol. The second-order valence-electron chi connectivity index (χ2n) is 10.2. The number of ether oxygens (including phenoxy) is 2. The van der Waals surface area contributed by atoms with E-state index in [2.05, 4.69) is 10.2 Å². The van der Waals surface area contributed by atoms with Crippen molar-refractivity contribution in [2.24, 2.45) is 17.8 Å². The molecule has 7 rings (SSSR count). The Labute approximate surface area is 200 Å². The number of hydrogen-bond donors (Lipinski definition) is 4. The van der Waals surface area contributed by atoms with E-state index >= 15 is 0 Å². The quantitative estimate of drug-likeness (QED) is 0.436. The van der Waals surface area contributed by atoms with Crippen molar-refractivity contribution in [3.8, 4) is 15.8 Å². The van der Waals surface area contributed by atoms with E-state index in [1.807, 2.05) is 30.3 Å². The first-order valence-corrected chi connectivity index (χ1v) is 12.5. The fourth-order valence-corrected chi connectivity index (χ4v) is 7.62. The molecule has 4 aliphatic heterocycles. The first kappa shape index (κ1) is 22.3. The number of aromatic nitrogens is 2. The summed E-state index contributed by atoms with van der Waals surface area (Å²) in [5.41, 5.74) is 0.993. The molecule has 1 aliphatic carbocycles. The summed E-state index contributed by atoms with van der Waals surface area (Å²) in [6.07, 6.45) is -5.14. The first-order valence-electron chi connectivity index (χ1n) is 11.7. The summed E-state index contributed by atoms with van der Waals surface area (Å²) in [5.74, 6) is -0.546. The zero-order valence-corrected chi connectivity index (χ0v) is 19.2. The molecule has 34 heavy (non-hydrogen) atoms. The normalized spacial score (nSPS) is 43.1. The summed E-state index contributed by atoms with van der Waals surface area (Å²) in [4.78, 5) is 11.6. The molecule has 2 aromatic rings. The predicted octanol–water partition coefficient (Wildman–Crippen LogP) is 0.331. The molecule has 5 fully saturated rings. The zero-order chi connectivity index (χ0) is 23.6. The van der Waals surface area contributed by atoms with E-state index in [-0.39, 0.29) is 17.9 Å².